The molecule has 2 heteroatoms. The first-order chi connectivity index (χ1) is 3.39. The molecule has 1 heterocycles. The zero-order valence-electron chi connectivity index (χ0n) is 4.18. The molecule has 0 unspecified atom stereocenters. The highest BCUT2D eigenvalue weighted by Gasteiger charge is 2.06. The van der Waals surface area contributed by atoms with Crippen molar-refractivity contribution in [3.63, 3.8) is 0 Å². The number of rotatable bonds is 0. The Labute approximate surface area is 42.9 Å². The van der Waals surface area contributed by atoms with E-state index in [2.05, 4.69) is 5.32 Å². The van der Waals surface area contributed by atoms with Crippen LogP contribution in [0.3, 0.4) is 0 Å². The van der Waals surface area contributed by atoms with Gasteiger partial charge in [-0.3, -0.25) is 4.79 Å². The van der Waals surface area contributed by atoms with Crippen LogP contribution >= 0.6 is 0 Å². The molecule has 0 aliphatic carbocycles. The second kappa shape index (κ2) is 2.07. The molecule has 0 aromatic carbocycles. The molecule has 0 saturated carbocycles. The van der Waals surface area contributed by atoms with Gasteiger partial charge in [0.15, 0.2) is 0 Å². The highest BCUT2D eigenvalue weighted by Crippen LogP contribution is 1.93. The highest BCUT2D eigenvalue weighted by atomic mass is 16.1. The fourth-order valence-electron chi connectivity index (χ4n) is 0.644. The molecule has 0 amide bonds. The number of carbonyl (C=O) groups is 1. The lowest BCUT2D eigenvalue weighted by molar-refractivity contribution is -0.119. The minimum absolute atomic E-state index is 0.370. The molecule has 0 bridgehead atoms. The molecule has 0 N–H and O–H groups in total. The monoisotopic (exact) mass is 98.1 g/mol. The van der Waals surface area contributed by atoms with E-state index in [0.717, 1.165) is 13.1 Å². The summed E-state index contributed by atoms with van der Waals surface area (Å²) in [6.45, 7) is 1.53. The molecule has 1 rings (SSSR count). The van der Waals surface area contributed by atoms with Crippen LogP contribution < -0.4 is 5.32 Å². The number of hydrogen-bond acceptors (Lipinski definition) is 1. The van der Waals surface area contributed by atoms with E-state index in [0.29, 0.717) is 18.6 Å². The summed E-state index contributed by atoms with van der Waals surface area (Å²) in [7, 11) is 0. The molecular weight excluding hydrogens is 90.1 g/mol. The summed E-state index contributed by atoms with van der Waals surface area (Å²) in [6, 6.07) is 0. The number of piperidine rings is 1. The molecule has 0 spiro atoms. The third-order valence-electron chi connectivity index (χ3n) is 1.10. The summed E-state index contributed by atoms with van der Waals surface area (Å²) in [4.78, 5) is 10.4. The van der Waals surface area contributed by atoms with Gasteiger partial charge in [0.05, 0.1) is 0 Å². The summed E-state index contributed by atoms with van der Waals surface area (Å²) in [5.74, 6) is 0.370. The lowest BCUT2D eigenvalue weighted by atomic mass is 10.1. The van der Waals surface area contributed by atoms with Gasteiger partial charge in [0.1, 0.15) is 5.78 Å². The molecule has 0 aromatic heterocycles. The first-order valence-electron chi connectivity index (χ1n) is 2.54. The van der Waals surface area contributed by atoms with E-state index in [1.807, 2.05) is 0 Å². The van der Waals surface area contributed by atoms with Gasteiger partial charge in [-0.2, -0.15) is 0 Å². The van der Waals surface area contributed by atoms with Crippen molar-refractivity contribution >= 4 is 5.78 Å². The Kier molecular flexibility index (Phi) is 1.42. The minimum Gasteiger partial charge on any atom is -0.300 e. The third-order valence-corrected chi connectivity index (χ3v) is 1.10. The van der Waals surface area contributed by atoms with E-state index in [-0.39, 0.29) is 0 Å². The maximum absolute atomic E-state index is 10.4. The van der Waals surface area contributed by atoms with E-state index < -0.39 is 0 Å². The Bertz CT molecular complexity index is 72.1. The van der Waals surface area contributed by atoms with Gasteiger partial charge in [0, 0.05) is 25.9 Å². The van der Waals surface area contributed by atoms with Gasteiger partial charge in [0.25, 0.3) is 0 Å². The molecular formula is C5H8NO. The van der Waals surface area contributed by atoms with Crippen LogP contribution in [0.15, 0.2) is 0 Å². The largest absolute Gasteiger partial charge is 0.300 e. The second-order valence-electron chi connectivity index (χ2n) is 1.71. The highest BCUT2D eigenvalue weighted by molar-refractivity contribution is 5.79. The summed E-state index contributed by atoms with van der Waals surface area (Å²) < 4.78 is 0. The molecule has 39 valence electrons. The zero-order valence-corrected chi connectivity index (χ0v) is 4.18. The van der Waals surface area contributed by atoms with Crippen LogP contribution in [-0.2, 0) is 4.79 Å². The first kappa shape index (κ1) is 4.78. The molecule has 1 aliphatic heterocycles. The maximum Gasteiger partial charge on any atom is 0.135 e. The lowest BCUT2D eigenvalue weighted by Gasteiger charge is -2.05. The van der Waals surface area contributed by atoms with Crippen LogP contribution in [0.25, 0.3) is 0 Å². The first-order valence-corrected chi connectivity index (χ1v) is 2.54. The van der Waals surface area contributed by atoms with E-state index in [1.54, 1.807) is 0 Å². The Morgan fingerprint density at radius 2 is 1.86 bits per heavy atom. The minimum atomic E-state index is 0.370. The van der Waals surface area contributed by atoms with Crippen LogP contribution in [0.5, 0.6) is 0 Å². The third kappa shape index (κ3) is 1.27. The fourth-order valence-corrected chi connectivity index (χ4v) is 0.644. The number of ketones is 1. The standard InChI is InChI=1S/C5H8NO/c7-5-1-3-6-4-2-5/h1-4H2. The van der Waals surface area contributed by atoms with Gasteiger partial charge in [0.2, 0.25) is 0 Å². The lowest BCUT2D eigenvalue weighted by Crippen LogP contribution is -2.21. The normalized spacial score (nSPS) is 22.6. The predicted molar refractivity (Wildman–Crippen MR) is 26.1 cm³/mol. The summed E-state index contributed by atoms with van der Waals surface area (Å²) in [6.07, 6.45) is 1.36. The van der Waals surface area contributed by atoms with E-state index in [9.17, 15) is 4.79 Å². The van der Waals surface area contributed by atoms with Gasteiger partial charge < -0.3 is 0 Å². The average Bonchev–Trinajstić information content (AvgIpc) is 1.69. The Morgan fingerprint density at radius 3 is 2.14 bits per heavy atom. The van der Waals surface area contributed by atoms with Crippen molar-refractivity contribution in [2.75, 3.05) is 13.1 Å². The van der Waals surface area contributed by atoms with Gasteiger partial charge >= 0.3 is 0 Å². The smallest absolute Gasteiger partial charge is 0.135 e. The van der Waals surface area contributed by atoms with Crippen molar-refractivity contribution in [3.8, 4) is 0 Å². The number of hydrogen-bond donors (Lipinski definition) is 0. The topological polar surface area (TPSA) is 31.2 Å². The van der Waals surface area contributed by atoms with E-state index in [4.69, 9.17) is 0 Å². The maximum atomic E-state index is 10.4. The van der Waals surface area contributed by atoms with E-state index >= 15 is 0 Å². The Balaban J connectivity index is 2.25. The van der Waals surface area contributed by atoms with Crippen LogP contribution in [-0.4, -0.2) is 18.9 Å². The molecule has 7 heavy (non-hydrogen) atoms. The van der Waals surface area contributed by atoms with Crippen molar-refractivity contribution in [2.24, 2.45) is 0 Å². The van der Waals surface area contributed by atoms with Gasteiger partial charge in [-0.05, 0) is 0 Å². The SMILES string of the molecule is O=C1CC[N]CC1. The zero-order chi connectivity index (χ0) is 5.11. The molecule has 2 nitrogen and oxygen atoms in total. The number of Topliss-reactive ketones (excluding diaryl/α,β-unsaturated/α-hetero) is 1. The Morgan fingerprint density at radius 1 is 1.29 bits per heavy atom. The molecule has 1 radical (unpaired) electrons. The van der Waals surface area contributed by atoms with Crippen LogP contribution in [0.2, 0.25) is 0 Å². The van der Waals surface area contributed by atoms with Gasteiger partial charge in [-0.25, -0.2) is 5.32 Å². The van der Waals surface area contributed by atoms with Crippen molar-refractivity contribution in [3.05, 3.63) is 0 Å². The van der Waals surface area contributed by atoms with Crippen LogP contribution in [0.1, 0.15) is 12.8 Å². The summed E-state index contributed by atoms with van der Waals surface area (Å²) >= 11 is 0. The summed E-state index contributed by atoms with van der Waals surface area (Å²) in [5, 5.41) is 4.01. The fraction of sp³-hybridized carbons (Fsp3) is 0.800. The Hall–Kier alpha value is -0.370. The van der Waals surface area contributed by atoms with E-state index in [1.165, 1.54) is 0 Å². The van der Waals surface area contributed by atoms with Gasteiger partial charge in [-0.1, -0.05) is 0 Å². The number of carbonyl (C=O) groups excluding carboxylic acids is 1. The van der Waals surface area contributed by atoms with Crippen molar-refractivity contribution < 1.29 is 4.79 Å². The molecule has 0 atom stereocenters. The molecule has 0 aromatic rings. The molecule has 1 fully saturated rings. The second-order valence-corrected chi connectivity index (χ2v) is 1.71. The van der Waals surface area contributed by atoms with Crippen LogP contribution in [0, 0.1) is 0 Å². The predicted octanol–water partition coefficient (Wildman–Crippen LogP) is -0.0463. The quantitative estimate of drug-likeness (QED) is 0.418. The average molecular weight is 98.1 g/mol. The number of nitrogens with zero attached hydrogens (tertiary/aromatic N) is 1. The van der Waals surface area contributed by atoms with Crippen molar-refractivity contribution in [1.82, 2.24) is 5.32 Å². The molecule has 1 saturated heterocycles. The van der Waals surface area contributed by atoms with Crippen molar-refractivity contribution in [2.45, 2.75) is 12.8 Å². The van der Waals surface area contributed by atoms with Gasteiger partial charge in [-0.15, -0.1) is 0 Å². The van der Waals surface area contributed by atoms with Crippen LogP contribution in [0.4, 0.5) is 0 Å². The molecule has 1 aliphatic rings. The summed E-state index contributed by atoms with van der Waals surface area (Å²) in [5.41, 5.74) is 0. The van der Waals surface area contributed by atoms with Crippen molar-refractivity contribution in [1.29, 1.82) is 0 Å².